The van der Waals surface area contributed by atoms with E-state index in [1.54, 1.807) is 31.4 Å². The number of hydrogen-bond donors (Lipinski definition) is 1. The van der Waals surface area contributed by atoms with E-state index in [4.69, 9.17) is 14.2 Å². The number of amides is 2. The molecule has 0 bridgehead atoms. The van der Waals surface area contributed by atoms with Gasteiger partial charge in [0.05, 0.1) is 25.2 Å². The highest BCUT2D eigenvalue weighted by Gasteiger charge is 2.43. The highest BCUT2D eigenvalue weighted by Crippen LogP contribution is 2.38. The van der Waals surface area contributed by atoms with E-state index in [9.17, 15) is 9.59 Å². The Labute approximate surface area is 195 Å². The predicted octanol–water partition coefficient (Wildman–Crippen LogP) is 2.97. The highest BCUT2D eigenvalue weighted by molar-refractivity contribution is 5.79. The van der Waals surface area contributed by atoms with Crippen LogP contribution in [0.1, 0.15) is 31.2 Å². The molecule has 0 radical (unpaired) electrons. The molecule has 2 aromatic carbocycles. The molecule has 1 spiro atoms. The lowest BCUT2D eigenvalue weighted by atomic mass is 9.88. The number of piperidine rings is 1. The average molecular weight is 453 g/mol. The molecule has 2 aliphatic heterocycles. The molecule has 7 nitrogen and oxygen atoms in total. The first kappa shape index (κ1) is 23.1. The lowest BCUT2D eigenvalue weighted by Gasteiger charge is -2.39. The van der Waals surface area contributed by atoms with Gasteiger partial charge in [0.25, 0.3) is 5.91 Å². The van der Waals surface area contributed by atoms with Crippen LogP contribution in [0.15, 0.2) is 54.6 Å². The quantitative estimate of drug-likeness (QED) is 0.666. The Hall–Kier alpha value is -3.06. The minimum absolute atomic E-state index is 0.00140. The van der Waals surface area contributed by atoms with Crippen molar-refractivity contribution < 1.29 is 23.8 Å². The molecule has 1 N–H and O–H groups in total. The zero-order valence-electron chi connectivity index (χ0n) is 19.1. The van der Waals surface area contributed by atoms with Crippen LogP contribution in [0.2, 0.25) is 0 Å². The number of methoxy groups -OCH3 is 1. The second-order valence-corrected chi connectivity index (χ2v) is 8.77. The van der Waals surface area contributed by atoms with E-state index in [0.717, 1.165) is 50.1 Å². The molecule has 4 rings (SSSR count). The molecule has 0 unspecified atom stereocenters. The molecule has 33 heavy (non-hydrogen) atoms. The van der Waals surface area contributed by atoms with Crippen LogP contribution in [0.5, 0.6) is 11.5 Å². The third kappa shape index (κ3) is 6.26. The standard InChI is InChI=1S/C26H32N2O5/c1-31-21-7-9-22(10-8-21)32-19-24(29)27-18-23-11-12-26(33-23)13-15-28(16-14-26)25(30)17-20-5-3-2-4-6-20/h2-10,23H,11-19H2,1H3,(H,27,29)/t23-/m0/s1. The molecule has 2 fully saturated rings. The maximum atomic E-state index is 12.6. The molecule has 7 heteroatoms. The number of likely N-dealkylation sites (tertiary alicyclic amines) is 1. The predicted molar refractivity (Wildman–Crippen MR) is 124 cm³/mol. The number of benzene rings is 2. The van der Waals surface area contributed by atoms with E-state index in [2.05, 4.69) is 5.32 Å². The summed E-state index contributed by atoms with van der Waals surface area (Å²) in [7, 11) is 1.60. The summed E-state index contributed by atoms with van der Waals surface area (Å²) in [5, 5.41) is 2.92. The van der Waals surface area contributed by atoms with E-state index in [-0.39, 0.29) is 30.1 Å². The van der Waals surface area contributed by atoms with Crippen LogP contribution < -0.4 is 14.8 Å². The molecular weight excluding hydrogens is 420 g/mol. The average Bonchev–Trinajstić information content (AvgIpc) is 3.25. The fourth-order valence-electron chi connectivity index (χ4n) is 4.55. The Morgan fingerprint density at radius 1 is 1.03 bits per heavy atom. The molecule has 176 valence electrons. The summed E-state index contributed by atoms with van der Waals surface area (Å²) in [5.41, 5.74) is 0.880. The van der Waals surface area contributed by atoms with Gasteiger partial charge in [-0.3, -0.25) is 9.59 Å². The fraction of sp³-hybridized carbons (Fsp3) is 0.462. The van der Waals surface area contributed by atoms with E-state index in [1.165, 1.54) is 0 Å². The van der Waals surface area contributed by atoms with Crippen LogP contribution >= 0.6 is 0 Å². The van der Waals surface area contributed by atoms with Crippen LogP contribution in [0, 0.1) is 0 Å². The van der Waals surface area contributed by atoms with Crippen LogP contribution in [0.25, 0.3) is 0 Å². The fourth-order valence-corrected chi connectivity index (χ4v) is 4.55. The number of carbonyl (C=O) groups is 2. The lowest BCUT2D eigenvalue weighted by Crippen LogP contribution is -2.47. The first-order chi connectivity index (χ1) is 16.0. The van der Waals surface area contributed by atoms with Crippen molar-refractivity contribution in [2.45, 2.75) is 43.8 Å². The summed E-state index contributed by atoms with van der Waals surface area (Å²) in [6, 6.07) is 17.0. The van der Waals surface area contributed by atoms with Crippen molar-refractivity contribution in [2.24, 2.45) is 0 Å². The maximum Gasteiger partial charge on any atom is 0.258 e. The zero-order valence-corrected chi connectivity index (χ0v) is 19.1. The van der Waals surface area contributed by atoms with Gasteiger partial charge in [0.15, 0.2) is 6.61 Å². The lowest BCUT2D eigenvalue weighted by molar-refractivity contribution is -0.137. The van der Waals surface area contributed by atoms with Gasteiger partial charge in [-0.1, -0.05) is 30.3 Å². The van der Waals surface area contributed by atoms with Crippen molar-refractivity contribution >= 4 is 11.8 Å². The Morgan fingerprint density at radius 3 is 2.42 bits per heavy atom. The van der Waals surface area contributed by atoms with Gasteiger partial charge in [-0.05, 0) is 55.5 Å². The van der Waals surface area contributed by atoms with Crippen molar-refractivity contribution in [1.29, 1.82) is 0 Å². The van der Waals surface area contributed by atoms with Gasteiger partial charge >= 0.3 is 0 Å². The van der Waals surface area contributed by atoms with E-state index < -0.39 is 0 Å². The summed E-state index contributed by atoms with van der Waals surface area (Å²) in [5.74, 6) is 1.37. The van der Waals surface area contributed by atoms with Crippen molar-refractivity contribution in [3.8, 4) is 11.5 Å². The smallest absolute Gasteiger partial charge is 0.258 e. The first-order valence-corrected chi connectivity index (χ1v) is 11.6. The number of ether oxygens (including phenoxy) is 3. The number of nitrogens with zero attached hydrogens (tertiary/aromatic N) is 1. The number of rotatable bonds is 8. The summed E-state index contributed by atoms with van der Waals surface area (Å²) in [4.78, 5) is 26.8. The molecule has 2 aliphatic rings. The van der Waals surface area contributed by atoms with Gasteiger partial charge in [-0.2, -0.15) is 0 Å². The Balaban J connectivity index is 1.16. The Morgan fingerprint density at radius 2 is 1.73 bits per heavy atom. The highest BCUT2D eigenvalue weighted by atomic mass is 16.5. The summed E-state index contributed by atoms with van der Waals surface area (Å²) in [6.07, 6.45) is 4.02. The van der Waals surface area contributed by atoms with Crippen LogP contribution in [0.4, 0.5) is 0 Å². The molecule has 2 saturated heterocycles. The third-order valence-electron chi connectivity index (χ3n) is 6.52. The van der Waals surface area contributed by atoms with Gasteiger partial charge in [-0.15, -0.1) is 0 Å². The van der Waals surface area contributed by atoms with E-state index >= 15 is 0 Å². The second-order valence-electron chi connectivity index (χ2n) is 8.77. The molecule has 0 saturated carbocycles. The molecular formula is C26H32N2O5. The topological polar surface area (TPSA) is 77.1 Å². The molecule has 2 aromatic rings. The van der Waals surface area contributed by atoms with Crippen LogP contribution in [0.3, 0.4) is 0 Å². The Bertz CT molecular complexity index is 923. The van der Waals surface area contributed by atoms with Crippen molar-refractivity contribution in [3.05, 3.63) is 60.2 Å². The number of nitrogens with one attached hydrogen (secondary N) is 1. The van der Waals surface area contributed by atoms with Crippen molar-refractivity contribution in [1.82, 2.24) is 10.2 Å². The third-order valence-corrected chi connectivity index (χ3v) is 6.52. The normalized spacial score (nSPS) is 19.3. The van der Waals surface area contributed by atoms with Crippen molar-refractivity contribution in [2.75, 3.05) is 33.4 Å². The second kappa shape index (κ2) is 10.7. The summed E-state index contributed by atoms with van der Waals surface area (Å²) in [6.45, 7) is 1.88. The van der Waals surface area contributed by atoms with Crippen LogP contribution in [-0.2, 0) is 20.7 Å². The van der Waals surface area contributed by atoms with Gasteiger partial charge in [-0.25, -0.2) is 0 Å². The molecule has 0 aliphatic carbocycles. The molecule has 1 atom stereocenters. The van der Waals surface area contributed by atoms with Crippen molar-refractivity contribution in [3.63, 3.8) is 0 Å². The minimum atomic E-state index is -0.170. The molecule has 0 aromatic heterocycles. The molecule has 2 heterocycles. The maximum absolute atomic E-state index is 12.6. The SMILES string of the molecule is COc1ccc(OCC(=O)NC[C@@H]2CCC3(CCN(C(=O)Cc4ccccc4)CC3)O2)cc1. The van der Waals surface area contributed by atoms with Gasteiger partial charge in [0, 0.05) is 19.6 Å². The summed E-state index contributed by atoms with van der Waals surface area (Å²) >= 11 is 0. The van der Waals surface area contributed by atoms with Gasteiger partial charge < -0.3 is 24.4 Å². The monoisotopic (exact) mass is 452 g/mol. The Kier molecular flexibility index (Phi) is 7.50. The summed E-state index contributed by atoms with van der Waals surface area (Å²) < 4.78 is 17.0. The first-order valence-electron chi connectivity index (χ1n) is 11.6. The zero-order chi connectivity index (χ0) is 23.1. The van der Waals surface area contributed by atoms with Gasteiger partial charge in [0.2, 0.25) is 5.91 Å². The molecule has 2 amide bonds. The van der Waals surface area contributed by atoms with E-state index in [0.29, 0.717) is 18.7 Å². The van der Waals surface area contributed by atoms with Crippen LogP contribution in [-0.4, -0.2) is 61.8 Å². The minimum Gasteiger partial charge on any atom is -0.497 e. The number of carbonyl (C=O) groups excluding carboxylic acids is 2. The van der Waals surface area contributed by atoms with E-state index in [1.807, 2.05) is 35.2 Å². The number of hydrogen-bond acceptors (Lipinski definition) is 5. The largest absolute Gasteiger partial charge is 0.497 e. The van der Waals surface area contributed by atoms with Gasteiger partial charge in [0.1, 0.15) is 11.5 Å².